The molecule has 0 saturated heterocycles. The van der Waals surface area contributed by atoms with E-state index in [0.29, 0.717) is 17.7 Å². The zero-order chi connectivity index (χ0) is 20.9. The fourth-order valence-corrected chi connectivity index (χ4v) is 4.59. The summed E-state index contributed by atoms with van der Waals surface area (Å²) in [6, 6.07) is 27.9. The Balaban J connectivity index is 1.89. The van der Waals surface area contributed by atoms with Crippen LogP contribution in [0.2, 0.25) is 0 Å². The lowest BCUT2D eigenvalue weighted by atomic mass is 9.96. The van der Waals surface area contributed by atoms with E-state index in [1.165, 1.54) is 0 Å². The lowest BCUT2D eigenvalue weighted by Gasteiger charge is -2.24. The van der Waals surface area contributed by atoms with Gasteiger partial charge in [-0.05, 0) is 30.5 Å². The second kappa shape index (κ2) is 6.82. The largest absolute Gasteiger partial charge is 0.384 e. The van der Waals surface area contributed by atoms with Crippen LogP contribution in [-0.2, 0) is 12.1 Å². The Bertz CT molecular complexity index is 1250. The van der Waals surface area contributed by atoms with Crippen LogP contribution in [0.25, 0.3) is 22.4 Å². The SMILES string of the molecule is CC(C)(O)c1c2c(c(-c3ccccc3)n1Cc1ccccc1)C(=O)c1ccccc1-2. The zero-order valence-corrected chi connectivity index (χ0v) is 17.1. The van der Waals surface area contributed by atoms with Gasteiger partial charge in [0.1, 0.15) is 0 Å². The molecule has 3 nitrogen and oxygen atoms in total. The molecule has 1 aliphatic carbocycles. The molecule has 0 atom stereocenters. The highest BCUT2D eigenvalue weighted by Gasteiger charge is 2.40. The van der Waals surface area contributed by atoms with Crippen LogP contribution in [0.3, 0.4) is 0 Å². The lowest BCUT2D eigenvalue weighted by Crippen LogP contribution is -2.23. The molecule has 30 heavy (non-hydrogen) atoms. The summed E-state index contributed by atoms with van der Waals surface area (Å²) in [6.07, 6.45) is 0. The van der Waals surface area contributed by atoms with Crippen molar-refractivity contribution in [3.63, 3.8) is 0 Å². The minimum atomic E-state index is -1.12. The van der Waals surface area contributed by atoms with Gasteiger partial charge in [-0.25, -0.2) is 0 Å². The van der Waals surface area contributed by atoms with Gasteiger partial charge in [-0.2, -0.15) is 0 Å². The predicted molar refractivity (Wildman–Crippen MR) is 120 cm³/mol. The molecule has 148 valence electrons. The van der Waals surface area contributed by atoms with E-state index in [0.717, 1.165) is 33.6 Å². The summed E-state index contributed by atoms with van der Waals surface area (Å²) in [6.45, 7) is 4.17. The van der Waals surface area contributed by atoms with Crippen molar-refractivity contribution in [2.24, 2.45) is 0 Å². The summed E-state index contributed by atoms with van der Waals surface area (Å²) in [4.78, 5) is 13.5. The number of carbonyl (C=O) groups is 1. The number of hydrogen-bond acceptors (Lipinski definition) is 2. The number of benzene rings is 3. The van der Waals surface area contributed by atoms with Gasteiger partial charge < -0.3 is 9.67 Å². The van der Waals surface area contributed by atoms with E-state index in [2.05, 4.69) is 16.7 Å². The maximum absolute atomic E-state index is 13.5. The van der Waals surface area contributed by atoms with E-state index in [1.54, 1.807) is 13.8 Å². The smallest absolute Gasteiger partial charge is 0.196 e. The summed E-state index contributed by atoms with van der Waals surface area (Å²) in [5.74, 6) is 0.0248. The molecule has 3 heteroatoms. The highest BCUT2D eigenvalue weighted by molar-refractivity contribution is 6.25. The second-order valence-electron chi connectivity index (χ2n) is 8.32. The van der Waals surface area contributed by atoms with Gasteiger partial charge in [0.15, 0.2) is 5.78 Å². The number of aliphatic hydroxyl groups is 1. The predicted octanol–water partition coefficient (Wildman–Crippen LogP) is 5.64. The topological polar surface area (TPSA) is 42.2 Å². The molecule has 0 saturated carbocycles. The monoisotopic (exact) mass is 393 g/mol. The maximum atomic E-state index is 13.5. The molecule has 5 rings (SSSR count). The van der Waals surface area contributed by atoms with E-state index in [1.807, 2.05) is 72.8 Å². The second-order valence-corrected chi connectivity index (χ2v) is 8.32. The van der Waals surface area contributed by atoms with Gasteiger partial charge in [0.25, 0.3) is 0 Å². The Morgan fingerprint density at radius 2 is 1.33 bits per heavy atom. The highest BCUT2D eigenvalue weighted by Crippen LogP contribution is 2.48. The summed E-state index contributed by atoms with van der Waals surface area (Å²) >= 11 is 0. The molecule has 0 aliphatic heterocycles. The maximum Gasteiger partial charge on any atom is 0.196 e. The summed E-state index contributed by atoms with van der Waals surface area (Å²) in [5.41, 5.74) is 5.77. The van der Waals surface area contributed by atoms with Crippen LogP contribution in [0.5, 0.6) is 0 Å². The third-order valence-corrected chi connectivity index (χ3v) is 5.74. The van der Waals surface area contributed by atoms with E-state index >= 15 is 0 Å². The molecular weight excluding hydrogens is 370 g/mol. The molecule has 1 N–H and O–H groups in total. The third-order valence-electron chi connectivity index (χ3n) is 5.74. The van der Waals surface area contributed by atoms with Crippen molar-refractivity contribution in [1.29, 1.82) is 0 Å². The van der Waals surface area contributed by atoms with Crippen LogP contribution < -0.4 is 0 Å². The van der Waals surface area contributed by atoms with Crippen LogP contribution in [-0.4, -0.2) is 15.5 Å². The summed E-state index contributed by atoms with van der Waals surface area (Å²) in [7, 11) is 0. The van der Waals surface area contributed by atoms with Crippen LogP contribution in [0.15, 0.2) is 84.9 Å². The van der Waals surface area contributed by atoms with Crippen molar-refractivity contribution < 1.29 is 9.90 Å². The third kappa shape index (κ3) is 2.82. The molecule has 0 unspecified atom stereocenters. The van der Waals surface area contributed by atoms with Crippen LogP contribution in [0, 0.1) is 0 Å². The first kappa shape index (κ1) is 18.6. The molecule has 1 heterocycles. The number of nitrogens with zero attached hydrogens (tertiary/aromatic N) is 1. The number of hydrogen-bond donors (Lipinski definition) is 1. The van der Waals surface area contributed by atoms with Gasteiger partial charge in [-0.3, -0.25) is 4.79 Å². The summed E-state index contributed by atoms with van der Waals surface area (Å²) in [5, 5.41) is 11.3. The van der Waals surface area contributed by atoms with Gasteiger partial charge in [0.05, 0.1) is 22.6 Å². The van der Waals surface area contributed by atoms with Gasteiger partial charge >= 0.3 is 0 Å². The molecule has 0 amide bonds. The molecular formula is C27H23NO2. The van der Waals surface area contributed by atoms with E-state index < -0.39 is 5.60 Å². The van der Waals surface area contributed by atoms with Crippen molar-refractivity contribution in [1.82, 2.24) is 4.57 Å². The molecule has 1 aliphatic rings. The number of carbonyl (C=O) groups excluding carboxylic acids is 1. The van der Waals surface area contributed by atoms with Crippen molar-refractivity contribution in [3.05, 3.63) is 107 Å². The lowest BCUT2D eigenvalue weighted by molar-refractivity contribution is 0.0710. The average molecular weight is 393 g/mol. The first-order valence-electron chi connectivity index (χ1n) is 10.2. The molecule has 0 bridgehead atoms. The van der Waals surface area contributed by atoms with E-state index in [4.69, 9.17) is 0 Å². The van der Waals surface area contributed by atoms with Crippen molar-refractivity contribution >= 4 is 5.78 Å². The van der Waals surface area contributed by atoms with Crippen molar-refractivity contribution in [2.75, 3.05) is 0 Å². The fraction of sp³-hybridized carbons (Fsp3) is 0.148. The Hall–Kier alpha value is -3.43. The Morgan fingerprint density at radius 1 is 0.767 bits per heavy atom. The number of aromatic nitrogens is 1. The average Bonchev–Trinajstić information content (AvgIpc) is 3.22. The van der Waals surface area contributed by atoms with Crippen LogP contribution in [0.4, 0.5) is 0 Å². The standard InChI is InChI=1S/C27H23NO2/c1-27(2,30)26-22-20-15-9-10-16-21(20)25(29)23(22)24(19-13-7-4-8-14-19)28(26)17-18-11-5-3-6-12-18/h3-16,30H,17H2,1-2H3. The highest BCUT2D eigenvalue weighted by atomic mass is 16.3. The van der Waals surface area contributed by atoms with E-state index in [-0.39, 0.29) is 5.78 Å². The Labute approximate surface area is 176 Å². The van der Waals surface area contributed by atoms with Crippen molar-refractivity contribution in [3.8, 4) is 22.4 Å². The van der Waals surface area contributed by atoms with Gasteiger partial charge in [-0.1, -0.05) is 84.9 Å². The number of ketones is 1. The molecule has 0 radical (unpaired) electrons. The first-order chi connectivity index (χ1) is 14.5. The number of fused-ring (bicyclic) bond motifs is 3. The molecule has 1 aromatic heterocycles. The molecule has 3 aromatic carbocycles. The quantitative estimate of drug-likeness (QED) is 0.429. The molecule has 0 spiro atoms. The molecule has 4 aromatic rings. The minimum absolute atomic E-state index is 0.0248. The van der Waals surface area contributed by atoms with Crippen LogP contribution >= 0.6 is 0 Å². The van der Waals surface area contributed by atoms with Gasteiger partial charge in [-0.15, -0.1) is 0 Å². The van der Waals surface area contributed by atoms with Gasteiger partial charge in [0, 0.05) is 17.7 Å². The normalized spacial score (nSPS) is 12.7. The van der Waals surface area contributed by atoms with Crippen LogP contribution in [0.1, 0.15) is 41.0 Å². The van der Waals surface area contributed by atoms with E-state index in [9.17, 15) is 9.90 Å². The first-order valence-corrected chi connectivity index (χ1v) is 10.2. The van der Waals surface area contributed by atoms with Crippen molar-refractivity contribution in [2.45, 2.75) is 26.0 Å². The number of rotatable bonds is 4. The Morgan fingerprint density at radius 3 is 1.97 bits per heavy atom. The summed E-state index contributed by atoms with van der Waals surface area (Å²) < 4.78 is 2.13. The fourth-order valence-electron chi connectivity index (χ4n) is 4.59. The minimum Gasteiger partial charge on any atom is -0.384 e. The molecule has 0 fully saturated rings. The zero-order valence-electron chi connectivity index (χ0n) is 17.1. The van der Waals surface area contributed by atoms with Gasteiger partial charge in [0.2, 0.25) is 0 Å². The Kier molecular flexibility index (Phi) is 4.23.